The molecule has 1 aliphatic rings. The molecule has 0 aliphatic carbocycles. The lowest BCUT2D eigenvalue weighted by atomic mass is 10.1. The Morgan fingerprint density at radius 3 is 2.50 bits per heavy atom. The summed E-state index contributed by atoms with van der Waals surface area (Å²) >= 11 is 12.2. The lowest BCUT2D eigenvalue weighted by Crippen LogP contribution is -2.44. The number of hydrazine groups is 1. The Hall–Kier alpha value is -2.35. The zero-order chi connectivity index (χ0) is 21.7. The van der Waals surface area contributed by atoms with Crippen LogP contribution in [-0.2, 0) is 4.79 Å². The summed E-state index contributed by atoms with van der Waals surface area (Å²) in [5.41, 5.74) is 3.77. The van der Waals surface area contributed by atoms with E-state index in [0.717, 1.165) is 34.5 Å². The maximum Gasteiger partial charge on any atom is 0.285 e. The number of nitrogens with one attached hydrogen (secondary N) is 1. The first kappa shape index (κ1) is 22.3. The average Bonchev–Trinajstić information content (AvgIpc) is 2.97. The minimum atomic E-state index is -0.438. The van der Waals surface area contributed by atoms with E-state index in [1.54, 1.807) is 30.3 Å². The number of nitrogens with zero attached hydrogens (tertiary/aromatic N) is 1. The van der Waals surface area contributed by atoms with E-state index in [2.05, 4.69) is 19.3 Å². The van der Waals surface area contributed by atoms with E-state index in [9.17, 15) is 9.59 Å². The number of hydrogen-bond donors (Lipinski definition) is 1. The number of thiocarbonyl (C=S) groups is 1. The molecule has 0 spiro atoms. The van der Waals surface area contributed by atoms with Crippen LogP contribution >= 0.6 is 35.6 Å². The Bertz CT molecular complexity index is 973. The number of hydrogen-bond acceptors (Lipinski definition) is 5. The summed E-state index contributed by atoms with van der Waals surface area (Å²) in [4.78, 5) is 25.5. The van der Waals surface area contributed by atoms with Gasteiger partial charge in [-0.15, -0.1) is 0 Å². The molecule has 1 saturated heterocycles. The van der Waals surface area contributed by atoms with Crippen LogP contribution in [0.4, 0.5) is 0 Å². The Morgan fingerprint density at radius 2 is 1.87 bits per heavy atom. The van der Waals surface area contributed by atoms with Crippen LogP contribution in [-0.4, -0.2) is 27.8 Å². The van der Waals surface area contributed by atoms with E-state index in [-0.39, 0.29) is 10.2 Å². The van der Waals surface area contributed by atoms with Crippen molar-refractivity contribution in [2.45, 2.75) is 20.3 Å². The minimum absolute atomic E-state index is 0.266. The normalized spacial score (nSPS) is 15.2. The topological polar surface area (TPSA) is 58.6 Å². The summed E-state index contributed by atoms with van der Waals surface area (Å²) in [6.07, 6.45) is 2.73. The van der Waals surface area contributed by atoms with Crippen LogP contribution in [0.3, 0.4) is 0 Å². The first-order valence-corrected chi connectivity index (χ1v) is 11.0. The molecule has 5 nitrogen and oxygen atoms in total. The molecule has 2 amide bonds. The molecule has 1 fully saturated rings. The highest BCUT2D eigenvalue weighted by Crippen LogP contribution is 2.31. The molecular formula is C22H21ClN2O3S2. The average molecular weight is 461 g/mol. The van der Waals surface area contributed by atoms with Gasteiger partial charge < -0.3 is 4.74 Å². The molecule has 1 heterocycles. The van der Waals surface area contributed by atoms with Crippen molar-refractivity contribution in [2.24, 2.45) is 5.92 Å². The SMILES string of the molecule is CC(C)CCOc1ccc(/C=C2/SC(=S)N(NC(=O)c3ccc(Cl)cc3)C2=O)cc1. The van der Waals surface area contributed by atoms with Crippen molar-refractivity contribution in [3.05, 3.63) is 69.6 Å². The van der Waals surface area contributed by atoms with Crippen LogP contribution in [0.1, 0.15) is 36.2 Å². The fraction of sp³-hybridized carbons (Fsp3) is 0.227. The summed E-state index contributed by atoms with van der Waals surface area (Å²) in [5.74, 6) is 0.568. The monoisotopic (exact) mass is 460 g/mol. The number of carbonyl (C=O) groups is 2. The van der Waals surface area contributed by atoms with Crippen LogP contribution < -0.4 is 10.2 Å². The first-order valence-electron chi connectivity index (χ1n) is 9.41. The van der Waals surface area contributed by atoms with Gasteiger partial charge in [0.05, 0.1) is 11.5 Å². The van der Waals surface area contributed by atoms with E-state index in [1.165, 1.54) is 0 Å². The highest BCUT2D eigenvalue weighted by Gasteiger charge is 2.33. The second-order valence-corrected chi connectivity index (χ2v) is 9.18. The van der Waals surface area contributed by atoms with Crippen LogP contribution in [0, 0.1) is 5.92 Å². The molecule has 3 rings (SSSR count). The lowest BCUT2D eigenvalue weighted by Gasteiger charge is -2.15. The van der Waals surface area contributed by atoms with Gasteiger partial charge in [-0.2, -0.15) is 5.01 Å². The van der Waals surface area contributed by atoms with Gasteiger partial charge in [-0.3, -0.25) is 15.0 Å². The largest absolute Gasteiger partial charge is 0.494 e. The fourth-order valence-corrected chi connectivity index (χ4v) is 3.86. The van der Waals surface area contributed by atoms with Gasteiger partial charge in [-0.25, -0.2) is 0 Å². The second kappa shape index (κ2) is 10.1. The van der Waals surface area contributed by atoms with Crippen LogP contribution in [0.25, 0.3) is 6.08 Å². The quantitative estimate of drug-likeness (QED) is 0.448. The number of halogens is 1. The van der Waals surface area contributed by atoms with E-state index >= 15 is 0 Å². The maximum atomic E-state index is 12.7. The predicted octanol–water partition coefficient (Wildman–Crippen LogP) is 5.31. The molecule has 2 aromatic carbocycles. The van der Waals surface area contributed by atoms with Gasteiger partial charge in [0.1, 0.15) is 5.75 Å². The van der Waals surface area contributed by atoms with Crippen LogP contribution in [0.15, 0.2) is 53.4 Å². The van der Waals surface area contributed by atoms with Gasteiger partial charge in [0.15, 0.2) is 4.32 Å². The van der Waals surface area contributed by atoms with E-state index < -0.39 is 5.91 Å². The second-order valence-electron chi connectivity index (χ2n) is 7.06. The molecule has 156 valence electrons. The molecule has 1 N–H and O–H groups in total. The van der Waals surface area contributed by atoms with Gasteiger partial charge in [0.25, 0.3) is 11.8 Å². The molecule has 0 saturated carbocycles. The summed E-state index contributed by atoms with van der Waals surface area (Å²) in [6.45, 7) is 4.98. The third-order valence-electron chi connectivity index (χ3n) is 4.26. The fourth-order valence-electron chi connectivity index (χ4n) is 2.56. The van der Waals surface area contributed by atoms with E-state index in [1.807, 2.05) is 24.3 Å². The molecule has 0 unspecified atom stereocenters. The van der Waals surface area contributed by atoms with Gasteiger partial charge in [0.2, 0.25) is 0 Å². The van der Waals surface area contributed by atoms with Crippen LogP contribution in [0.5, 0.6) is 5.75 Å². The van der Waals surface area contributed by atoms with Crippen molar-refractivity contribution in [2.75, 3.05) is 6.61 Å². The number of carbonyl (C=O) groups excluding carboxylic acids is 2. The number of ether oxygens (including phenoxy) is 1. The van der Waals surface area contributed by atoms with E-state index in [4.69, 9.17) is 28.6 Å². The predicted molar refractivity (Wildman–Crippen MR) is 125 cm³/mol. The molecule has 0 radical (unpaired) electrons. The molecule has 2 aromatic rings. The molecule has 1 aliphatic heterocycles. The molecular weight excluding hydrogens is 440 g/mol. The number of benzene rings is 2. The standard InChI is InChI=1S/C22H21ClN2O3S2/c1-14(2)11-12-28-18-9-3-15(4-10-18)13-19-21(27)25(22(29)30-19)24-20(26)16-5-7-17(23)8-6-16/h3-10,13-14H,11-12H2,1-2H3,(H,24,26)/b19-13+. The van der Waals surface area contributed by atoms with Crippen LogP contribution in [0.2, 0.25) is 5.02 Å². The summed E-state index contributed by atoms with van der Waals surface area (Å²) in [7, 11) is 0. The smallest absolute Gasteiger partial charge is 0.285 e. The maximum absolute atomic E-state index is 12.7. The zero-order valence-corrected chi connectivity index (χ0v) is 18.9. The van der Waals surface area contributed by atoms with Gasteiger partial charge in [-0.05, 0) is 72.6 Å². The van der Waals surface area contributed by atoms with E-state index in [0.29, 0.717) is 28.0 Å². The van der Waals surface area contributed by atoms with Crippen molar-refractivity contribution in [3.63, 3.8) is 0 Å². The Labute approximate surface area is 190 Å². The number of rotatable bonds is 7. The molecule has 0 atom stereocenters. The Morgan fingerprint density at radius 1 is 1.20 bits per heavy atom. The first-order chi connectivity index (χ1) is 14.3. The van der Waals surface area contributed by atoms with Crippen molar-refractivity contribution < 1.29 is 14.3 Å². The summed E-state index contributed by atoms with van der Waals surface area (Å²) in [6, 6.07) is 13.9. The van der Waals surface area contributed by atoms with Gasteiger partial charge in [-0.1, -0.05) is 49.3 Å². The third-order valence-corrected chi connectivity index (χ3v) is 5.81. The van der Waals surface area contributed by atoms with Crippen molar-refractivity contribution >= 4 is 57.8 Å². The van der Waals surface area contributed by atoms with Crippen molar-refractivity contribution in [1.82, 2.24) is 10.4 Å². The number of amides is 2. The highest BCUT2D eigenvalue weighted by molar-refractivity contribution is 8.26. The zero-order valence-electron chi connectivity index (χ0n) is 16.6. The Balaban J connectivity index is 1.64. The Kier molecular flexibility index (Phi) is 7.53. The van der Waals surface area contributed by atoms with Crippen molar-refractivity contribution in [3.8, 4) is 5.75 Å². The molecule has 0 aromatic heterocycles. The third kappa shape index (κ3) is 5.84. The van der Waals surface area contributed by atoms with Crippen molar-refractivity contribution in [1.29, 1.82) is 0 Å². The molecule has 0 bridgehead atoms. The molecule has 30 heavy (non-hydrogen) atoms. The van der Waals surface area contributed by atoms with Gasteiger partial charge in [0, 0.05) is 10.6 Å². The summed E-state index contributed by atoms with van der Waals surface area (Å²) in [5, 5.41) is 1.61. The lowest BCUT2D eigenvalue weighted by molar-refractivity contribution is -0.123. The number of thioether (sulfide) groups is 1. The van der Waals surface area contributed by atoms with Gasteiger partial charge >= 0.3 is 0 Å². The minimum Gasteiger partial charge on any atom is -0.494 e. The highest BCUT2D eigenvalue weighted by atomic mass is 35.5. The summed E-state index contributed by atoms with van der Waals surface area (Å²) < 4.78 is 5.98. The molecule has 8 heteroatoms.